The molecule has 0 saturated heterocycles. The van der Waals surface area contributed by atoms with Gasteiger partial charge < -0.3 is 25.4 Å². The standard InChI is InChI=1S/C24H34N4O3/c1-4-25-24(28-17-16-26-23(29)20-11-7-6-8-12-20)27-15-9-10-19-13-14-21(30-3)22(18-19)31-5-2/h6-8,11-14,18H,4-5,9-10,15-17H2,1-3H3,(H,26,29)(H2,25,27,28). The first-order valence-electron chi connectivity index (χ1n) is 10.8. The number of aliphatic imine (C=N–C) groups is 1. The van der Waals surface area contributed by atoms with Crippen molar-refractivity contribution in [2.24, 2.45) is 4.99 Å². The highest BCUT2D eigenvalue weighted by atomic mass is 16.5. The minimum absolute atomic E-state index is 0.0738. The number of nitrogens with one attached hydrogen (secondary N) is 3. The maximum Gasteiger partial charge on any atom is 0.251 e. The molecule has 2 rings (SSSR count). The fraction of sp³-hybridized carbons (Fsp3) is 0.417. The number of benzene rings is 2. The van der Waals surface area contributed by atoms with Crippen LogP contribution in [0, 0.1) is 0 Å². The predicted molar refractivity (Wildman–Crippen MR) is 125 cm³/mol. The number of carbonyl (C=O) groups excluding carboxylic acids is 1. The van der Waals surface area contributed by atoms with Gasteiger partial charge in [-0.15, -0.1) is 0 Å². The Morgan fingerprint density at radius 2 is 1.74 bits per heavy atom. The zero-order chi connectivity index (χ0) is 22.3. The third-order valence-electron chi connectivity index (χ3n) is 4.50. The monoisotopic (exact) mass is 426 g/mol. The summed E-state index contributed by atoms with van der Waals surface area (Å²) in [5.74, 6) is 2.21. The van der Waals surface area contributed by atoms with E-state index in [9.17, 15) is 4.79 Å². The number of methoxy groups -OCH3 is 1. The Bertz CT molecular complexity index is 825. The molecule has 0 aliphatic carbocycles. The zero-order valence-corrected chi connectivity index (χ0v) is 18.7. The van der Waals surface area contributed by atoms with Crippen molar-refractivity contribution in [3.63, 3.8) is 0 Å². The summed E-state index contributed by atoms with van der Waals surface area (Å²) in [6.07, 6.45) is 1.82. The molecule has 2 aromatic carbocycles. The van der Waals surface area contributed by atoms with Gasteiger partial charge in [0.15, 0.2) is 17.5 Å². The predicted octanol–water partition coefficient (Wildman–Crippen LogP) is 3.01. The summed E-state index contributed by atoms with van der Waals surface area (Å²) in [6, 6.07) is 15.2. The summed E-state index contributed by atoms with van der Waals surface area (Å²) in [6.45, 7) is 7.18. The van der Waals surface area contributed by atoms with Gasteiger partial charge in [0, 0.05) is 31.7 Å². The van der Waals surface area contributed by atoms with Crippen molar-refractivity contribution in [1.29, 1.82) is 0 Å². The van der Waals surface area contributed by atoms with E-state index in [4.69, 9.17) is 9.47 Å². The average Bonchev–Trinajstić information content (AvgIpc) is 2.80. The second-order valence-electron chi connectivity index (χ2n) is 6.83. The Morgan fingerprint density at radius 3 is 2.45 bits per heavy atom. The molecular weight excluding hydrogens is 392 g/mol. The Kier molecular flexibility index (Phi) is 10.8. The van der Waals surface area contributed by atoms with Gasteiger partial charge >= 0.3 is 0 Å². The maximum absolute atomic E-state index is 12.1. The number of ether oxygens (including phenoxy) is 2. The normalized spacial score (nSPS) is 11.0. The van der Waals surface area contributed by atoms with Crippen LogP contribution in [0.1, 0.15) is 36.2 Å². The van der Waals surface area contributed by atoms with Gasteiger partial charge in [-0.1, -0.05) is 24.3 Å². The van der Waals surface area contributed by atoms with E-state index in [1.807, 2.05) is 44.2 Å². The first-order chi connectivity index (χ1) is 15.2. The summed E-state index contributed by atoms with van der Waals surface area (Å²) < 4.78 is 11.0. The van der Waals surface area contributed by atoms with E-state index in [2.05, 4.69) is 27.0 Å². The lowest BCUT2D eigenvalue weighted by molar-refractivity contribution is 0.0954. The molecule has 0 bridgehead atoms. The van der Waals surface area contributed by atoms with Crippen LogP contribution in [0.25, 0.3) is 0 Å². The summed E-state index contributed by atoms with van der Waals surface area (Å²) >= 11 is 0. The number of rotatable bonds is 12. The van der Waals surface area contributed by atoms with Crippen molar-refractivity contribution in [2.45, 2.75) is 26.7 Å². The van der Waals surface area contributed by atoms with Crippen LogP contribution in [-0.4, -0.2) is 51.8 Å². The van der Waals surface area contributed by atoms with E-state index in [1.165, 1.54) is 5.56 Å². The van der Waals surface area contributed by atoms with E-state index in [0.29, 0.717) is 31.8 Å². The molecule has 0 spiro atoms. The smallest absolute Gasteiger partial charge is 0.251 e. The molecule has 0 heterocycles. The molecule has 0 aromatic heterocycles. The van der Waals surface area contributed by atoms with Crippen LogP contribution in [0.3, 0.4) is 0 Å². The first-order valence-corrected chi connectivity index (χ1v) is 10.8. The van der Waals surface area contributed by atoms with Crippen molar-refractivity contribution in [3.8, 4) is 11.5 Å². The molecule has 1 amide bonds. The maximum atomic E-state index is 12.1. The van der Waals surface area contributed by atoms with Gasteiger partial charge in [0.1, 0.15) is 0 Å². The van der Waals surface area contributed by atoms with E-state index in [0.717, 1.165) is 36.8 Å². The van der Waals surface area contributed by atoms with Crippen LogP contribution < -0.4 is 25.4 Å². The van der Waals surface area contributed by atoms with Crippen molar-refractivity contribution in [2.75, 3.05) is 39.9 Å². The van der Waals surface area contributed by atoms with E-state index in [1.54, 1.807) is 19.2 Å². The number of hydrogen-bond donors (Lipinski definition) is 3. The number of amides is 1. The Morgan fingerprint density at radius 1 is 0.968 bits per heavy atom. The second kappa shape index (κ2) is 13.9. The molecular formula is C24H34N4O3. The Balaban J connectivity index is 1.75. The summed E-state index contributed by atoms with van der Waals surface area (Å²) in [5, 5.41) is 9.39. The third-order valence-corrected chi connectivity index (χ3v) is 4.50. The van der Waals surface area contributed by atoms with Gasteiger partial charge in [0.2, 0.25) is 0 Å². The lowest BCUT2D eigenvalue weighted by Gasteiger charge is -2.12. The fourth-order valence-electron chi connectivity index (χ4n) is 3.01. The number of carbonyl (C=O) groups is 1. The molecule has 0 aliphatic heterocycles. The molecule has 31 heavy (non-hydrogen) atoms. The van der Waals surface area contributed by atoms with Crippen molar-refractivity contribution in [1.82, 2.24) is 16.0 Å². The SMILES string of the molecule is CCNC(=NCCCc1ccc(OC)c(OCC)c1)NCCNC(=O)c1ccccc1. The van der Waals surface area contributed by atoms with Gasteiger partial charge in [-0.3, -0.25) is 9.79 Å². The van der Waals surface area contributed by atoms with Gasteiger partial charge in [-0.25, -0.2) is 0 Å². The molecule has 0 aliphatic rings. The minimum atomic E-state index is -0.0738. The molecule has 0 saturated carbocycles. The zero-order valence-electron chi connectivity index (χ0n) is 18.7. The van der Waals surface area contributed by atoms with E-state index in [-0.39, 0.29) is 5.91 Å². The lowest BCUT2D eigenvalue weighted by Crippen LogP contribution is -2.41. The molecule has 7 nitrogen and oxygen atoms in total. The molecule has 2 aromatic rings. The fourth-order valence-corrected chi connectivity index (χ4v) is 3.01. The largest absolute Gasteiger partial charge is 0.493 e. The molecule has 168 valence electrons. The third kappa shape index (κ3) is 8.58. The Labute approximate surface area is 185 Å². The molecule has 0 unspecified atom stereocenters. The van der Waals surface area contributed by atoms with E-state index >= 15 is 0 Å². The molecule has 0 radical (unpaired) electrons. The van der Waals surface area contributed by atoms with Crippen LogP contribution in [0.4, 0.5) is 0 Å². The van der Waals surface area contributed by atoms with Crippen LogP contribution in [0.5, 0.6) is 11.5 Å². The first kappa shape index (κ1) is 24.1. The minimum Gasteiger partial charge on any atom is -0.493 e. The molecule has 7 heteroatoms. The van der Waals surface area contributed by atoms with Crippen molar-refractivity contribution >= 4 is 11.9 Å². The lowest BCUT2D eigenvalue weighted by atomic mass is 10.1. The highest BCUT2D eigenvalue weighted by molar-refractivity contribution is 5.94. The molecule has 0 fully saturated rings. The number of nitrogens with zero attached hydrogens (tertiary/aromatic N) is 1. The van der Waals surface area contributed by atoms with Crippen molar-refractivity contribution < 1.29 is 14.3 Å². The summed E-state index contributed by atoms with van der Waals surface area (Å²) in [7, 11) is 1.65. The van der Waals surface area contributed by atoms with Gasteiger partial charge in [-0.2, -0.15) is 0 Å². The number of aryl methyl sites for hydroxylation is 1. The second-order valence-corrected chi connectivity index (χ2v) is 6.83. The number of hydrogen-bond acceptors (Lipinski definition) is 4. The average molecular weight is 427 g/mol. The van der Waals surface area contributed by atoms with Crippen LogP contribution in [0.15, 0.2) is 53.5 Å². The highest BCUT2D eigenvalue weighted by Gasteiger charge is 2.06. The van der Waals surface area contributed by atoms with Gasteiger partial charge in [-0.05, 0) is 56.5 Å². The van der Waals surface area contributed by atoms with Gasteiger partial charge in [0.25, 0.3) is 5.91 Å². The summed E-state index contributed by atoms with van der Waals surface area (Å²) in [5.41, 5.74) is 1.86. The van der Waals surface area contributed by atoms with Crippen LogP contribution in [0.2, 0.25) is 0 Å². The number of guanidine groups is 1. The molecule has 3 N–H and O–H groups in total. The highest BCUT2D eigenvalue weighted by Crippen LogP contribution is 2.28. The quantitative estimate of drug-likeness (QED) is 0.276. The van der Waals surface area contributed by atoms with Crippen LogP contribution >= 0.6 is 0 Å². The van der Waals surface area contributed by atoms with Gasteiger partial charge in [0.05, 0.1) is 13.7 Å². The molecule has 0 atom stereocenters. The Hall–Kier alpha value is -3.22. The van der Waals surface area contributed by atoms with E-state index < -0.39 is 0 Å². The van der Waals surface area contributed by atoms with Crippen LogP contribution in [-0.2, 0) is 6.42 Å². The summed E-state index contributed by atoms with van der Waals surface area (Å²) in [4.78, 5) is 16.7. The topological polar surface area (TPSA) is 84.0 Å². The van der Waals surface area contributed by atoms with Crippen molar-refractivity contribution in [3.05, 3.63) is 59.7 Å².